The molecule has 6 nitrogen and oxygen atoms in total. The van der Waals surface area contributed by atoms with Gasteiger partial charge in [0, 0.05) is 42.8 Å². The van der Waals surface area contributed by atoms with Crippen molar-refractivity contribution in [3.8, 4) is 5.75 Å². The molecule has 7 heteroatoms. The van der Waals surface area contributed by atoms with Crippen LogP contribution in [-0.4, -0.2) is 38.2 Å². The fourth-order valence-electron chi connectivity index (χ4n) is 3.13. The van der Waals surface area contributed by atoms with Crippen LogP contribution in [-0.2, 0) is 0 Å². The molecule has 2 aliphatic heterocycles. The van der Waals surface area contributed by atoms with Gasteiger partial charge in [-0.15, -0.1) is 0 Å². The van der Waals surface area contributed by atoms with Crippen LogP contribution >= 0.6 is 15.9 Å². The van der Waals surface area contributed by atoms with Crippen LogP contribution in [0.2, 0.25) is 0 Å². The Morgan fingerprint density at radius 1 is 1.40 bits per heavy atom. The molecule has 0 saturated carbocycles. The molecule has 2 atom stereocenters. The molecule has 0 amide bonds. The maximum atomic E-state index is 11.0. The Labute approximate surface area is 125 Å². The van der Waals surface area contributed by atoms with Gasteiger partial charge in [0.2, 0.25) is 0 Å². The van der Waals surface area contributed by atoms with E-state index in [-0.39, 0.29) is 5.69 Å². The van der Waals surface area contributed by atoms with E-state index in [1.165, 1.54) is 13.2 Å². The average molecular weight is 342 g/mol. The number of nitrogens with one attached hydrogen (secondary N) is 1. The van der Waals surface area contributed by atoms with E-state index in [1.54, 1.807) is 6.07 Å². The summed E-state index contributed by atoms with van der Waals surface area (Å²) in [4.78, 5) is 12.9. The van der Waals surface area contributed by atoms with Gasteiger partial charge in [0.15, 0.2) is 5.75 Å². The number of anilines is 1. The van der Waals surface area contributed by atoms with Gasteiger partial charge in [-0.05, 0) is 27.8 Å². The SMILES string of the molecule is COc1cc(N2C[C@H]3CNC[C@H]3C2)c(Br)cc1[N+](=O)[O-]. The molecule has 1 aromatic carbocycles. The van der Waals surface area contributed by atoms with E-state index in [9.17, 15) is 10.1 Å². The molecular formula is C13H16BrN3O3. The lowest BCUT2D eigenvalue weighted by atomic mass is 10.0. The fourth-order valence-corrected chi connectivity index (χ4v) is 3.71. The zero-order valence-electron chi connectivity index (χ0n) is 11.1. The highest BCUT2D eigenvalue weighted by Gasteiger charge is 2.37. The molecule has 20 heavy (non-hydrogen) atoms. The van der Waals surface area contributed by atoms with E-state index in [0.29, 0.717) is 17.6 Å². The molecule has 0 aromatic heterocycles. The van der Waals surface area contributed by atoms with E-state index in [0.717, 1.165) is 36.3 Å². The highest BCUT2D eigenvalue weighted by Crippen LogP contribution is 2.40. The monoisotopic (exact) mass is 341 g/mol. The van der Waals surface area contributed by atoms with E-state index in [4.69, 9.17) is 4.74 Å². The third kappa shape index (κ3) is 2.25. The number of hydrogen-bond acceptors (Lipinski definition) is 5. The minimum Gasteiger partial charge on any atom is -0.490 e. The second-order valence-corrected chi connectivity index (χ2v) is 6.17. The molecular weight excluding hydrogens is 326 g/mol. The zero-order valence-corrected chi connectivity index (χ0v) is 12.7. The maximum absolute atomic E-state index is 11.0. The van der Waals surface area contributed by atoms with Gasteiger partial charge < -0.3 is 15.0 Å². The van der Waals surface area contributed by atoms with Crippen LogP contribution in [0.1, 0.15) is 0 Å². The number of nitro benzene ring substituents is 1. The third-order valence-corrected chi connectivity index (χ3v) is 4.81. The summed E-state index contributed by atoms with van der Waals surface area (Å²) in [5.74, 6) is 1.65. The molecule has 2 fully saturated rings. The van der Waals surface area contributed by atoms with Gasteiger partial charge in [0.1, 0.15) is 0 Å². The topological polar surface area (TPSA) is 67.6 Å². The Balaban J connectivity index is 1.92. The van der Waals surface area contributed by atoms with Crippen molar-refractivity contribution < 1.29 is 9.66 Å². The molecule has 0 spiro atoms. The Bertz CT molecular complexity index is 540. The Kier molecular flexibility index (Phi) is 3.55. The number of nitrogens with zero attached hydrogens (tertiary/aromatic N) is 2. The standard InChI is InChI=1S/C13H16BrN3O3/c1-20-13-3-11(10(14)2-12(13)17(18)19)16-6-8-4-15-5-9(8)7-16/h2-3,8-9,15H,4-7H2,1H3/t8-,9+. The molecule has 2 saturated heterocycles. The number of rotatable bonds is 3. The third-order valence-electron chi connectivity index (χ3n) is 4.18. The minimum atomic E-state index is -0.421. The molecule has 0 bridgehead atoms. The molecule has 0 unspecified atom stereocenters. The quantitative estimate of drug-likeness (QED) is 0.672. The summed E-state index contributed by atoms with van der Waals surface area (Å²) in [6, 6.07) is 3.29. The molecule has 0 radical (unpaired) electrons. The van der Waals surface area contributed by atoms with Crippen molar-refractivity contribution in [3.05, 3.63) is 26.7 Å². The van der Waals surface area contributed by atoms with Crippen LogP contribution in [0, 0.1) is 22.0 Å². The van der Waals surface area contributed by atoms with E-state index in [2.05, 4.69) is 26.1 Å². The van der Waals surface area contributed by atoms with E-state index in [1.807, 2.05) is 0 Å². The molecule has 108 valence electrons. The van der Waals surface area contributed by atoms with Crippen molar-refractivity contribution in [2.45, 2.75) is 0 Å². The second-order valence-electron chi connectivity index (χ2n) is 5.32. The maximum Gasteiger partial charge on any atom is 0.312 e. The molecule has 1 aromatic rings. The lowest BCUT2D eigenvalue weighted by Gasteiger charge is -2.21. The van der Waals surface area contributed by atoms with Crippen molar-refractivity contribution in [2.75, 3.05) is 38.2 Å². The van der Waals surface area contributed by atoms with Crippen molar-refractivity contribution in [1.29, 1.82) is 0 Å². The lowest BCUT2D eigenvalue weighted by molar-refractivity contribution is -0.385. The van der Waals surface area contributed by atoms with Crippen LogP contribution in [0.5, 0.6) is 5.75 Å². The number of methoxy groups -OCH3 is 1. The first-order valence-electron chi connectivity index (χ1n) is 6.57. The molecule has 3 rings (SSSR count). The fraction of sp³-hybridized carbons (Fsp3) is 0.538. The first-order valence-corrected chi connectivity index (χ1v) is 7.37. The first-order chi connectivity index (χ1) is 9.60. The summed E-state index contributed by atoms with van der Waals surface area (Å²) >= 11 is 3.45. The van der Waals surface area contributed by atoms with Gasteiger partial charge in [-0.2, -0.15) is 0 Å². The van der Waals surface area contributed by atoms with Crippen LogP contribution in [0.25, 0.3) is 0 Å². The van der Waals surface area contributed by atoms with Gasteiger partial charge in [-0.1, -0.05) is 0 Å². The minimum absolute atomic E-state index is 0.0100. The Morgan fingerprint density at radius 2 is 2.05 bits per heavy atom. The molecule has 1 N–H and O–H groups in total. The van der Waals surface area contributed by atoms with E-state index < -0.39 is 4.92 Å². The van der Waals surface area contributed by atoms with Gasteiger partial charge in [-0.3, -0.25) is 10.1 Å². The summed E-state index contributed by atoms with van der Waals surface area (Å²) in [5, 5.41) is 14.4. The van der Waals surface area contributed by atoms with Crippen molar-refractivity contribution in [1.82, 2.24) is 5.32 Å². The van der Waals surface area contributed by atoms with Crippen LogP contribution in [0.4, 0.5) is 11.4 Å². The number of nitro groups is 1. The zero-order chi connectivity index (χ0) is 14.3. The smallest absolute Gasteiger partial charge is 0.312 e. The number of halogens is 1. The summed E-state index contributed by atoms with van der Waals surface area (Å²) in [5.41, 5.74) is 0.964. The average Bonchev–Trinajstić information content (AvgIpc) is 2.99. The Morgan fingerprint density at radius 3 is 2.60 bits per heavy atom. The number of fused-ring (bicyclic) bond motifs is 1. The predicted octanol–water partition coefficient (Wildman–Crippen LogP) is 2.02. The normalized spacial score (nSPS) is 24.8. The number of ether oxygens (including phenoxy) is 1. The second kappa shape index (κ2) is 5.21. The first kappa shape index (κ1) is 13.6. The number of benzene rings is 1. The highest BCUT2D eigenvalue weighted by atomic mass is 79.9. The van der Waals surface area contributed by atoms with Gasteiger partial charge >= 0.3 is 5.69 Å². The van der Waals surface area contributed by atoms with Crippen LogP contribution in [0.15, 0.2) is 16.6 Å². The van der Waals surface area contributed by atoms with Gasteiger partial charge in [0.25, 0.3) is 0 Å². The van der Waals surface area contributed by atoms with Crippen molar-refractivity contribution >= 4 is 27.3 Å². The molecule has 0 aliphatic carbocycles. The Hall–Kier alpha value is -1.34. The van der Waals surface area contributed by atoms with Crippen LogP contribution in [0.3, 0.4) is 0 Å². The summed E-state index contributed by atoms with van der Waals surface area (Å²) < 4.78 is 5.90. The van der Waals surface area contributed by atoms with Crippen molar-refractivity contribution in [3.63, 3.8) is 0 Å². The number of hydrogen-bond donors (Lipinski definition) is 1. The highest BCUT2D eigenvalue weighted by molar-refractivity contribution is 9.10. The summed E-state index contributed by atoms with van der Waals surface area (Å²) in [6.45, 7) is 4.08. The van der Waals surface area contributed by atoms with Crippen molar-refractivity contribution in [2.24, 2.45) is 11.8 Å². The van der Waals surface area contributed by atoms with Gasteiger partial charge in [-0.25, -0.2) is 0 Å². The molecule has 2 aliphatic rings. The predicted molar refractivity (Wildman–Crippen MR) is 79.4 cm³/mol. The van der Waals surface area contributed by atoms with Crippen LogP contribution < -0.4 is 15.0 Å². The summed E-state index contributed by atoms with van der Waals surface area (Å²) in [7, 11) is 1.46. The lowest BCUT2D eigenvalue weighted by Crippen LogP contribution is -2.25. The molecule has 2 heterocycles. The van der Waals surface area contributed by atoms with E-state index >= 15 is 0 Å². The largest absolute Gasteiger partial charge is 0.490 e. The van der Waals surface area contributed by atoms with Gasteiger partial charge in [0.05, 0.1) is 17.7 Å². The summed E-state index contributed by atoms with van der Waals surface area (Å²) in [6.07, 6.45) is 0.